The summed E-state index contributed by atoms with van der Waals surface area (Å²) in [6.45, 7) is 0.627. The molecule has 0 aliphatic rings. The molecule has 0 spiro atoms. The van der Waals surface area contributed by atoms with Gasteiger partial charge in [0.05, 0.1) is 23.9 Å². The van der Waals surface area contributed by atoms with Gasteiger partial charge in [0.1, 0.15) is 6.61 Å². The lowest BCUT2D eigenvalue weighted by molar-refractivity contribution is 0.151. The van der Waals surface area contributed by atoms with Crippen LogP contribution in [0.5, 0.6) is 0 Å². The number of aliphatic hydroxyl groups excluding tert-OH is 1. The summed E-state index contributed by atoms with van der Waals surface area (Å²) in [5, 5.41) is 16.5. The first-order valence-corrected chi connectivity index (χ1v) is 6.04. The van der Waals surface area contributed by atoms with E-state index in [4.69, 9.17) is 26.0 Å². The van der Waals surface area contributed by atoms with E-state index in [-0.39, 0.29) is 13.2 Å². The van der Waals surface area contributed by atoms with Gasteiger partial charge in [0, 0.05) is 7.11 Å². The third kappa shape index (κ3) is 3.66. The summed E-state index contributed by atoms with van der Waals surface area (Å²) >= 11 is 6.05. The van der Waals surface area contributed by atoms with Crippen LogP contribution in [0.3, 0.4) is 0 Å². The fourth-order valence-corrected chi connectivity index (χ4v) is 1.71. The van der Waals surface area contributed by atoms with E-state index in [1.165, 1.54) is 0 Å². The van der Waals surface area contributed by atoms with Crippen LogP contribution in [0.15, 0.2) is 22.7 Å². The van der Waals surface area contributed by atoms with E-state index >= 15 is 0 Å². The van der Waals surface area contributed by atoms with E-state index in [2.05, 4.69) is 15.5 Å². The highest BCUT2D eigenvalue weighted by Crippen LogP contribution is 2.23. The van der Waals surface area contributed by atoms with Gasteiger partial charge in [-0.15, -0.1) is 0 Å². The second-order valence-electron chi connectivity index (χ2n) is 3.86. The molecule has 1 heterocycles. The first kappa shape index (κ1) is 13.8. The smallest absolute Gasteiger partial charge is 0.252 e. The number of ether oxygens (including phenoxy) is 1. The van der Waals surface area contributed by atoms with E-state index < -0.39 is 0 Å². The van der Waals surface area contributed by atoms with E-state index in [9.17, 15) is 0 Å². The molecule has 0 atom stereocenters. The van der Waals surface area contributed by atoms with Gasteiger partial charge in [0.25, 0.3) is 5.89 Å². The van der Waals surface area contributed by atoms with Crippen LogP contribution in [0.4, 0.5) is 5.69 Å². The Labute approximate surface area is 115 Å². The second-order valence-corrected chi connectivity index (χ2v) is 4.27. The topological polar surface area (TPSA) is 80.4 Å². The van der Waals surface area contributed by atoms with Crippen LogP contribution in [0, 0.1) is 0 Å². The van der Waals surface area contributed by atoms with Crippen LogP contribution in [0.25, 0.3) is 0 Å². The molecule has 1 aromatic carbocycles. The molecule has 2 N–H and O–H groups in total. The van der Waals surface area contributed by atoms with Crippen molar-refractivity contribution in [1.29, 1.82) is 0 Å². The minimum absolute atomic E-state index is 0.0357. The predicted molar refractivity (Wildman–Crippen MR) is 69.7 cm³/mol. The Balaban J connectivity index is 2.01. The van der Waals surface area contributed by atoms with E-state index in [1.807, 2.05) is 0 Å². The maximum absolute atomic E-state index is 9.08. The van der Waals surface area contributed by atoms with Gasteiger partial charge in [-0.25, -0.2) is 0 Å². The van der Waals surface area contributed by atoms with Gasteiger partial charge in [0.2, 0.25) is 0 Å². The largest absolute Gasteiger partial charge is 0.392 e. The summed E-state index contributed by atoms with van der Waals surface area (Å²) in [7, 11) is 1.56. The van der Waals surface area contributed by atoms with Crippen LogP contribution in [0.2, 0.25) is 5.02 Å². The summed E-state index contributed by atoms with van der Waals surface area (Å²) in [6, 6.07) is 5.26. The number of aliphatic hydroxyl groups is 1. The number of nitrogens with zero attached hydrogens (tertiary/aromatic N) is 2. The fraction of sp³-hybridized carbons (Fsp3) is 0.333. The number of nitrogens with one attached hydrogen (secondary N) is 1. The molecule has 7 heteroatoms. The van der Waals surface area contributed by atoms with Crippen molar-refractivity contribution in [2.45, 2.75) is 19.8 Å². The van der Waals surface area contributed by atoms with E-state index in [1.54, 1.807) is 25.3 Å². The number of rotatable bonds is 6. The van der Waals surface area contributed by atoms with E-state index in [0.29, 0.717) is 29.0 Å². The molecule has 0 fully saturated rings. The van der Waals surface area contributed by atoms with Crippen LogP contribution in [-0.4, -0.2) is 22.4 Å². The van der Waals surface area contributed by atoms with Crippen LogP contribution in [-0.2, 0) is 24.5 Å². The second kappa shape index (κ2) is 6.51. The van der Waals surface area contributed by atoms with Gasteiger partial charge in [0.15, 0.2) is 5.82 Å². The lowest BCUT2D eigenvalue weighted by Crippen LogP contribution is -2.02. The molecular formula is C12H14ClN3O3. The Kier molecular flexibility index (Phi) is 4.73. The summed E-state index contributed by atoms with van der Waals surface area (Å²) in [5.41, 5.74) is 1.49. The SMILES string of the molecule is COCc1nc(CNc2cc(CO)ccc2Cl)no1. The Morgan fingerprint density at radius 3 is 3.05 bits per heavy atom. The van der Waals surface area contributed by atoms with Crippen molar-refractivity contribution in [3.63, 3.8) is 0 Å². The zero-order valence-corrected chi connectivity index (χ0v) is 11.1. The average Bonchev–Trinajstić information content (AvgIpc) is 2.86. The molecule has 0 unspecified atom stereocenters. The number of aromatic nitrogens is 2. The highest BCUT2D eigenvalue weighted by Gasteiger charge is 2.07. The van der Waals surface area contributed by atoms with Crippen LogP contribution in [0.1, 0.15) is 17.3 Å². The fourth-order valence-electron chi connectivity index (χ4n) is 1.52. The zero-order chi connectivity index (χ0) is 13.7. The van der Waals surface area contributed by atoms with Gasteiger partial charge in [-0.05, 0) is 17.7 Å². The van der Waals surface area contributed by atoms with Gasteiger partial charge in [-0.1, -0.05) is 22.8 Å². The normalized spacial score (nSPS) is 10.7. The molecule has 2 rings (SSSR count). The monoisotopic (exact) mass is 283 g/mol. The molecule has 0 aliphatic heterocycles. The molecule has 2 aromatic rings. The standard InChI is InChI=1S/C12H14ClN3O3/c1-18-7-12-15-11(16-19-12)5-14-10-4-8(6-17)2-3-9(10)13/h2-4,14,17H,5-7H2,1H3. The number of methoxy groups -OCH3 is 1. The van der Waals surface area contributed by atoms with E-state index in [0.717, 1.165) is 5.56 Å². The first-order chi connectivity index (χ1) is 9.22. The van der Waals surface area contributed by atoms with Crippen LogP contribution >= 0.6 is 11.6 Å². The van der Waals surface area contributed by atoms with Crippen molar-refractivity contribution < 1.29 is 14.4 Å². The number of anilines is 1. The highest BCUT2D eigenvalue weighted by molar-refractivity contribution is 6.33. The quantitative estimate of drug-likeness (QED) is 0.844. The Hall–Kier alpha value is -1.63. The maximum atomic E-state index is 9.08. The Bertz CT molecular complexity index is 545. The molecule has 102 valence electrons. The van der Waals surface area contributed by atoms with Crippen molar-refractivity contribution in [2.24, 2.45) is 0 Å². The van der Waals surface area contributed by atoms with Crippen molar-refractivity contribution in [1.82, 2.24) is 10.1 Å². The lowest BCUT2D eigenvalue weighted by Gasteiger charge is -2.07. The van der Waals surface area contributed by atoms with Gasteiger partial charge < -0.3 is 19.7 Å². The predicted octanol–water partition coefficient (Wildman–Crippen LogP) is 1.97. The third-order valence-electron chi connectivity index (χ3n) is 2.43. The summed E-state index contributed by atoms with van der Waals surface area (Å²) in [5.74, 6) is 0.937. The Morgan fingerprint density at radius 2 is 2.32 bits per heavy atom. The highest BCUT2D eigenvalue weighted by atomic mass is 35.5. The zero-order valence-electron chi connectivity index (χ0n) is 10.4. The number of benzene rings is 1. The average molecular weight is 284 g/mol. The summed E-state index contributed by atoms with van der Waals surface area (Å²) < 4.78 is 9.86. The van der Waals surface area contributed by atoms with Crippen molar-refractivity contribution in [3.05, 3.63) is 40.5 Å². The molecule has 1 aromatic heterocycles. The molecule has 0 bridgehead atoms. The van der Waals surface area contributed by atoms with Gasteiger partial charge >= 0.3 is 0 Å². The number of halogens is 1. The van der Waals surface area contributed by atoms with Crippen molar-refractivity contribution in [3.8, 4) is 0 Å². The van der Waals surface area contributed by atoms with Gasteiger partial charge in [-0.3, -0.25) is 0 Å². The maximum Gasteiger partial charge on any atom is 0.252 e. The molecule has 0 radical (unpaired) electrons. The molecular weight excluding hydrogens is 270 g/mol. The molecule has 0 amide bonds. The lowest BCUT2D eigenvalue weighted by atomic mass is 10.2. The number of hydrogen-bond donors (Lipinski definition) is 2. The molecule has 0 aliphatic carbocycles. The molecule has 0 saturated heterocycles. The van der Waals surface area contributed by atoms with Gasteiger partial charge in [-0.2, -0.15) is 4.98 Å². The van der Waals surface area contributed by atoms with Crippen molar-refractivity contribution in [2.75, 3.05) is 12.4 Å². The van der Waals surface area contributed by atoms with Crippen LogP contribution < -0.4 is 5.32 Å². The first-order valence-electron chi connectivity index (χ1n) is 5.66. The van der Waals surface area contributed by atoms with Crippen molar-refractivity contribution >= 4 is 17.3 Å². The summed E-state index contributed by atoms with van der Waals surface area (Å²) in [6.07, 6.45) is 0. The minimum atomic E-state index is -0.0357. The Morgan fingerprint density at radius 1 is 1.47 bits per heavy atom. The number of hydrogen-bond acceptors (Lipinski definition) is 6. The minimum Gasteiger partial charge on any atom is -0.392 e. The third-order valence-corrected chi connectivity index (χ3v) is 2.76. The summed E-state index contributed by atoms with van der Waals surface area (Å²) in [4.78, 5) is 4.13. The molecule has 6 nitrogen and oxygen atoms in total. The molecule has 0 saturated carbocycles. The molecule has 19 heavy (non-hydrogen) atoms.